The third-order valence-corrected chi connectivity index (χ3v) is 3.09. The van der Waals surface area contributed by atoms with Gasteiger partial charge in [0.1, 0.15) is 5.82 Å². The van der Waals surface area contributed by atoms with Gasteiger partial charge in [-0.05, 0) is 32.4 Å². The fraction of sp³-hybridized carbons (Fsp3) is 0.571. The molecule has 3 N–H and O–H groups in total. The Morgan fingerprint density at radius 3 is 2.43 bits per heavy atom. The molecule has 0 atom stereocenters. The van der Waals surface area contributed by atoms with Gasteiger partial charge in [-0.1, -0.05) is 0 Å². The van der Waals surface area contributed by atoms with Crippen LogP contribution in [0.5, 0.6) is 0 Å². The zero-order valence-electron chi connectivity index (χ0n) is 13.2. The molecular weight excluding hydrogens is 422 g/mol. The van der Waals surface area contributed by atoms with Crippen molar-refractivity contribution in [1.29, 1.82) is 0 Å². The van der Waals surface area contributed by atoms with Crippen molar-refractivity contribution in [2.24, 2.45) is 10.7 Å². The van der Waals surface area contributed by atoms with Gasteiger partial charge in [0.15, 0.2) is 5.96 Å². The summed E-state index contributed by atoms with van der Waals surface area (Å²) >= 11 is 0. The van der Waals surface area contributed by atoms with Gasteiger partial charge in [0.25, 0.3) is 0 Å². The molecule has 0 unspecified atom stereocenters. The molecule has 0 saturated carbocycles. The highest BCUT2D eigenvalue weighted by atomic mass is 127. The van der Waals surface area contributed by atoms with Gasteiger partial charge in [-0.25, -0.2) is 4.98 Å². The monoisotopic (exact) mass is 445 g/mol. The Bertz CT molecular complexity index is 472. The lowest BCUT2D eigenvalue weighted by atomic mass is 10.3. The summed E-state index contributed by atoms with van der Waals surface area (Å²) in [6.45, 7) is 6.73. The number of hydrogen-bond donors (Lipinski definition) is 2. The van der Waals surface area contributed by atoms with Gasteiger partial charge in [-0.2, -0.15) is 13.2 Å². The zero-order valence-corrected chi connectivity index (χ0v) is 15.6. The van der Waals surface area contributed by atoms with Crippen molar-refractivity contribution in [3.8, 4) is 0 Å². The minimum absolute atomic E-state index is 0. The first-order chi connectivity index (χ1) is 10.4. The summed E-state index contributed by atoms with van der Waals surface area (Å²) in [5, 5.41) is 2.95. The van der Waals surface area contributed by atoms with Crippen LogP contribution in [0.25, 0.3) is 0 Å². The van der Waals surface area contributed by atoms with E-state index in [1.165, 1.54) is 6.07 Å². The second-order valence-electron chi connectivity index (χ2n) is 4.62. The molecular formula is C14H23F3IN5. The molecule has 5 nitrogen and oxygen atoms in total. The number of alkyl halides is 3. The summed E-state index contributed by atoms with van der Waals surface area (Å²) in [6, 6.07) is 2.32. The average molecular weight is 445 g/mol. The van der Waals surface area contributed by atoms with E-state index in [0.29, 0.717) is 31.3 Å². The van der Waals surface area contributed by atoms with E-state index in [9.17, 15) is 13.2 Å². The Balaban J connectivity index is 0.00000484. The first kappa shape index (κ1) is 21.7. The third kappa shape index (κ3) is 7.71. The molecule has 1 rings (SSSR count). The van der Waals surface area contributed by atoms with E-state index in [1.807, 2.05) is 18.7 Å². The molecule has 0 aliphatic carbocycles. The van der Waals surface area contributed by atoms with Crippen molar-refractivity contribution in [3.63, 3.8) is 0 Å². The van der Waals surface area contributed by atoms with Gasteiger partial charge in [0.2, 0.25) is 0 Å². The normalized spacial score (nSPS) is 11.8. The highest BCUT2D eigenvalue weighted by Crippen LogP contribution is 2.28. The number of nitrogens with zero attached hydrogens (tertiary/aromatic N) is 3. The molecule has 9 heteroatoms. The Morgan fingerprint density at radius 1 is 1.30 bits per heavy atom. The third-order valence-electron chi connectivity index (χ3n) is 3.09. The van der Waals surface area contributed by atoms with Gasteiger partial charge in [-0.15, -0.1) is 24.0 Å². The van der Waals surface area contributed by atoms with Crippen LogP contribution >= 0.6 is 24.0 Å². The lowest BCUT2D eigenvalue weighted by Gasteiger charge is -2.19. The van der Waals surface area contributed by atoms with Crippen LogP contribution in [0.3, 0.4) is 0 Å². The maximum Gasteiger partial charge on any atom is 0.417 e. The number of halogens is 4. The maximum atomic E-state index is 12.4. The lowest BCUT2D eigenvalue weighted by Crippen LogP contribution is -2.37. The quantitative estimate of drug-likeness (QED) is 0.293. The van der Waals surface area contributed by atoms with Crippen LogP contribution in [-0.4, -0.2) is 42.0 Å². The summed E-state index contributed by atoms with van der Waals surface area (Å²) < 4.78 is 37.1. The smallest absolute Gasteiger partial charge is 0.370 e. The van der Waals surface area contributed by atoms with E-state index in [0.717, 1.165) is 25.4 Å². The van der Waals surface area contributed by atoms with E-state index >= 15 is 0 Å². The topological polar surface area (TPSA) is 66.5 Å². The molecule has 0 fully saturated rings. The number of nitrogens with one attached hydrogen (secondary N) is 1. The summed E-state index contributed by atoms with van der Waals surface area (Å²) in [7, 11) is 0. The van der Waals surface area contributed by atoms with Crippen LogP contribution in [0.4, 0.5) is 19.0 Å². The summed E-state index contributed by atoms with van der Waals surface area (Å²) in [5.41, 5.74) is 5.07. The van der Waals surface area contributed by atoms with Crippen molar-refractivity contribution < 1.29 is 13.2 Å². The van der Waals surface area contributed by atoms with E-state index in [4.69, 9.17) is 5.73 Å². The molecule has 0 spiro atoms. The number of anilines is 1. The van der Waals surface area contributed by atoms with Crippen molar-refractivity contribution in [3.05, 3.63) is 23.9 Å². The zero-order chi connectivity index (χ0) is 16.6. The van der Waals surface area contributed by atoms with E-state index in [1.54, 1.807) is 0 Å². The lowest BCUT2D eigenvalue weighted by molar-refractivity contribution is -0.137. The fourth-order valence-electron chi connectivity index (χ4n) is 1.80. The van der Waals surface area contributed by atoms with Gasteiger partial charge in [0.05, 0.1) is 5.56 Å². The van der Waals surface area contributed by atoms with Crippen molar-refractivity contribution in [1.82, 2.24) is 9.88 Å². The number of rotatable bonds is 7. The standard InChI is InChI=1S/C14H22F3N5.HI/c1-3-22(4-2)13(18)20-9-5-8-19-12-7-6-11(10-21-12)14(15,16)17;/h6-7,10H,3-5,8-9H2,1-2H3,(H2,18,20)(H,19,21);1H. The average Bonchev–Trinajstić information content (AvgIpc) is 2.47. The van der Waals surface area contributed by atoms with Crippen LogP contribution in [0, 0.1) is 0 Å². The molecule has 1 aromatic rings. The Labute approximate surface area is 151 Å². The van der Waals surface area contributed by atoms with Crippen LogP contribution in [0.15, 0.2) is 23.3 Å². The molecule has 0 radical (unpaired) electrons. The maximum absolute atomic E-state index is 12.4. The molecule has 0 aliphatic rings. The number of nitrogens with two attached hydrogens (primary N) is 1. The highest BCUT2D eigenvalue weighted by Gasteiger charge is 2.30. The Hall–Kier alpha value is -1.26. The summed E-state index contributed by atoms with van der Waals surface area (Å²) in [5.74, 6) is 0.923. The first-order valence-electron chi connectivity index (χ1n) is 7.20. The van der Waals surface area contributed by atoms with E-state index in [2.05, 4.69) is 15.3 Å². The van der Waals surface area contributed by atoms with Crippen LogP contribution in [0.2, 0.25) is 0 Å². The van der Waals surface area contributed by atoms with E-state index < -0.39 is 11.7 Å². The van der Waals surface area contributed by atoms with Gasteiger partial charge in [0, 0.05) is 32.4 Å². The summed E-state index contributed by atoms with van der Waals surface area (Å²) in [6.07, 6.45) is -2.83. The number of aromatic nitrogens is 1. The van der Waals surface area contributed by atoms with Crippen molar-refractivity contribution in [2.75, 3.05) is 31.5 Å². The SMILES string of the molecule is CCN(CC)C(N)=NCCCNc1ccc(C(F)(F)F)cn1.I. The number of guanidine groups is 1. The van der Waals surface area contributed by atoms with Gasteiger partial charge >= 0.3 is 6.18 Å². The second kappa shape index (κ2) is 10.5. The van der Waals surface area contributed by atoms with Crippen LogP contribution in [0.1, 0.15) is 25.8 Å². The molecule has 0 bridgehead atoms. The highest BCUT2D eigenvalue weighted by molar-refractivity contribution is 14.0. The Morgan fingerprint density at radius 2 is 1.96 bits per heavy atom. The molecule has 1 heterocycles. The van der Waals surface area contributed by atoms with Gasteiger partial charge < -0.3 is 16.0 Å². The minimum Gasteiger partial charge on any atom is -0.370 e. The molecule has 0 aliphatic heterocycles. The van der Waals surface area contributed by atoms with Crippen molar-refractivity contribution >= 4 is 35.8 Å². The molecule has 23 heavy (non-hydrogen) atoms. The van der Waals surface area contributed by atoms with Crippen LogP contribution < -0.4 is 11.1 Å². The molecule has 132 valence electrons. The van der Waals surface area contributed by atoms with E-state index in [-0.39, 0.29) is 24.0 Å². The number of aliphatic imine (C=N–C) groups is 1. The van der Waals surface area contributed by atoms with Crippen LogP contribution in [-0.2, 0) is 6.18 Å². The van der Waals surface area contributed by atoms with Crippen molar-refractivity contribution in [2.45, 2.75) is 26.4 Å². The van der Waals surface area contributed by atoms with Gasteiger partial charge in [-0.3, -0.25) is 4.99 Å². The fourth-order valence-corrected chi connectivity index (χ4v) is 1.80. The number of pyridine rings is 1. The molecule has 0 aromatic carbocycles. The largest absolute Gasteiger partial charge is 0.417 e. The number of hydrogen-bond acceptors (Lipinski definition) is 3. The first-order valence-corrected chi connectivity index (χ1v) is 7.20. The Kier molecular flexibility index (Phi) is 9.93. The molecule has 0 saturated heterocycles. The predicted molar refractivity (Wildman–Crippen MR) is 97.2 cm³/mol. The molecule has 0 amide bonds. The summed E-state index contributed by atoms with van der Waals surface area (Å²) in [4.78, 5) is 9.94. The molecule has 1 aromatic heterocycles. The second-order valence-corrected chi connectivity index (χ2v) is 4.62. The minimum atomic E-state index is -4.36. The predicted octanol–water partition coefficient (Wildman–Crippen LogP) is 3.18.